The highest BCUT2D eigenvalue weighted by molar-refractivity contribution is 5.94. The Hall–Kier alpha value is -2.63. The van der Waals surface area contributed by atoms with E-state index in [4.69, 9.17) is 5.11 Å². The number of aryl methyl sites for hydroxylation is 1. The van der Waals surface area contributed by atoms with Crippen molar-refractivity contribution in [2.24, 2.45) is 0 Å². The van der Waals surface area contributed by atoms with Gasteiger partial charge in [0.15, 0.2) is 0 Å². The standard InChI is InChI=1S/C17H21N3O3/c1-11(2)20-10-15(12(3)19-20)13-4-6-14(7-5-13)17(23)18-9-8-16(21)22/h4-7,10-11H,8-9H2,1-3H3,(H,18,23)(H,21,22). The van der Waals surface area contributed by atoms with Gasteiger partial charge >= 0.3 is 5.97 Å². The van der Waals surface area contributed by atoms with Crippen molar-refractivity contribution in [3.05, 3.63) is 41.7 Å². The Morgan fingerprint density at radius 2 is 1.91 bits per heavy atom. The van der Waals surface area contributed by atoms with Gasteiger partial charge in [0, 0.05) is 29.9 Å². The zero-order valence-electron chi connectivity index (χ0n) is 13.5. The highest BCUT2D eigenvalue weighted by Crippen LogP contribution is 2.24. The Morgan fingerprint density at radius 3 is 2.43 bits per heavy atom. The maximum Gasteiger partial charge on any atom is 0.305 e. The maximum atomic E-state index is 11.9. The fraction of sp³-hybridized carbons (Fsp3) is 0.353. The third kappa shape index (κ3) is 4.18. The lowest BCUT2D eigenvalue weighted by Crippen LogP contribution is -2.25. The van der Waals surface area contributed by atoms with Gasteiger partial charge in [0.25, 0.3) is 5.91 Å². The number of hydrogen-bond acceptors (Lipinski definition) is 3. The molecule has 122 valence electrons. The molecule has 0 saturated heterocycles. The number of aliphatic carboxylic acids is 1. The molecule has 1 amide bonds. The van der Waals surface area contributed by atoms with Crippen LogP contribution < -0.4 is 5.32 Å². The van der Waals surface area contributed by atoms with E-state index in [0.29, 0.717) is 11.6 Å². The van der Waals surface area contributed by atoms with Crippen molar-refractivity contribution in [3.8, 4) is 11.1 Å². The zero-order valence-corrected chi connectivity index (χ0v) is 13.5. The van der Waals surface area contributed by atoms with Gasteiger partial charge in [0.1, 0.15) is 0 Å². The summed E-state index contributed by atoms with van der Waals surface area (Å²) in [5.41, 5.74) is 3.48. The Morgan fingerprint density at radius 1 is 1.26 bits per heavy atom. The van der Waals surface area contributed by atoms with Gasteiger partial charge in [-0.1, -0.05) is 12.1 Å². The molecule has 23 heavy (non-hydrogen) atoms. The van der Waals surface area contributed by atoms with Gasteiger partial charge < -0.3 is 10.4 Å². The first-order valence-corrected chi connectivity index (χ1v) is 7.54. The molecule has 6 heteroatoms. The molecule has 0 unspecified atom stereocenters. The van der Waals surface area contributed by atoms with Gasteiger partial charge in [-0.25, -0.2) is 0 Å². The molecule has 6 nitrogen and oxygen atoms in total. The molecule has 2 rings (SSSR count). The maximum absolute atomic E-state index is 11.9. The minimum absolute atomic E-state index is 0.0859. The molecule has 0 bridgehead atoms. The van der Waals surface area contributed by atoms with Crippen LogP contribution in [0, 0.1) is 6.92 Å². The van der Waals surface area contributed by atoms with Crippen LogP contribution in [0.25, 0.3) is 11.1 Å². The summed E-state index contributed by atoms with van der Waals surface area (Å²) >= 11 is 0. The number of carbonyl (C=O) groups is 2. The number of nitrogens with one attached hydrogen (secondary N) is 1. The first kappa shape index (κ1) is 16.7. The predicted octanol–water partition coefficient (Wildman–Crippen LogP) is 2.64. The Kier molecular flexibility index (Phi) is 5.16. The van der Waals surface area contributed by atoms with Crippen molar-refractivity contribution in [1.29, 1.82) is 0 Å². The van der Waals surface area contributed by atoms with E-state index < -0.39 is 5.97 Å². The summed E-state index contributed by atoms with van der Waals surface area (Å²) in [5.74, 6) is -1.20. The van der Waals surface area contributed by atoms with E-state index in [1.165, 1.54) is 0 Å². The van der Waals surface area contributed by atoms with Crippen LogP contribution in [0.3, 0.4) is 0 Å². The van der Waals surface area contributed by atoms with E-state index in [1.807, 2.05) is 29.9 Å². The molecule has 0 fully saturated rings. The van der Waals surface area contributed by atoms with Crippen molar-refractivity contribution >= 4 is 11.9 Å². The summed E-state index contributed by atoms with van der Waals surface area (Å²) in [7, 11) is 0. The Labute approximate surface area is 135 Å². The molecule has 1 aromatic heterocycles. The second-order valence-electron chi connectivity index (χ2n) is 5.68. The fourth-order valence-electron chi connectivity index (χ4n) is 2.22. The summed E-state index contributed by atoms with van der Waals surface area (Å²) in [6.07, 6.45) is 1.92. The third-order valence-electron chi connectivity index (χ3n) is 3.53. The summed E-state index contributed by atoms with van der Waals surface area (Å²) in [6, 6.07) is 7.51. The van der Waals surface area contributed by atoms with Crippen LogP contribution in [-0.2, 0) is 4.79 Å². The molecule has 2 aromatic rings. The number of nitrogens with zero attached hydrogens (tertiary/aromatic N) is 2. The van der Waals surface area contributed by atoms with E-state index in [-0.39, 0.29) is 18.9 Å². The number of amides is 1. The molecule has 0 aliphatic rings. The van der Waals surface area contributed by atoms with Crippen LogP contribution in [0.5, 0.6) is 0 Å². The van der Waals surface area contributed by atoms with Crippen LogP contribution in [-0.4, -0.2) is 33.3 Å². The van der Waals surface area contributed by atoms with Gasteiger partial charge in [-0.15, -0.1) is 0 Å². The molecule has 1 heterocycles. The van der Waals surface area contributed by atoms with Crippen LogP contribution in [0.15, 0.2) is 30.5 Å². The molecule has 0 atom stereocenters. The number of aromatic nitrogens is 2. The molecule has 0 spiro atoms. The molecular weight excluding hydrogens is 294 g/mol. The summed E-state index contributed by atoms with van der Waals surface area (Å²) in [5, 5.41) is 15.6. The number of carboxylic acids is 1. The van der Waals surface area contributed by atoms with Crippen molar-refractivity contribution < 1.29 is 14.7 Å². The lowest BCUT2D eigenvalue weighted by Gasteiger charge is -2.05. The van der Waals surface area contributed by atoms with E-state index in [0.717, 1.165) is 16.8 Å². The minimum Gasteiger partial charge on any atom is -0.481 e. The van der Waals surface area contributed by atoms with Crippen LogP contribution >= 0.6 is 0 Å². The van der Waals surface area contributed by atoms with Gasteiger partial charge in [0.05, 0.1) is 12.1 Å². The molecule has 0 aliphatic heterocycles. The Bertz CT molecular complexity index is 702. The first-order valence-electron chi connectivity index (χ1n) is 7.54. The number of rotatable bonds is 6. The lowest BCUT2D eigenvalue weighted by molar-refractivity contribution is -0.136. The summed E-state index contributed by atoms with van der Waals surface area (Å²) in [6.45, 7) is 6.22. The van der Waals surface area contributed by atoms with Crippen LogP contribution in [0.4, 0.5) is 0 Å². The van der Waals surface area contributed by atoms with Gasteiger partial charge in [-0.05, 0) is 38.5 Å². The van der Waals surface area contributed by atoms with E-state index in [1.54, 1.807) is 12.1 Å². The highest BCUT2D eigenvalue weighted by Gasteiger charge is 2.11. The van der Waals surface area contributed by atoms with Gasteiger partial charge in [-0.2, -0.15) is 5.10 Å². The van der Waals surface area contributed by atoms with Crippen molar-refractivity contribution in [2.75, 3.05) is 6.54 Å². The quantitative estimate of drug-likeness (QED) is 0.858. The molecular formula is C17H21N3O3. The average molecular weight is 315 g/mol. The average Bonchev–Trinajstić information content (AvgIpc) is 2.89. The Balaban J connectivity index is 2.10. The second kappa shape index (κ2) is 7.09. The van der Waals surface area contributed by atoms with E-state index >= 15 is 0 Å². The van der Waals surface area contributed by atoms with Crippen molar-refractivity contribution in [3.63, 3.8) is 0 Å². The molecule has 1 aromatic carbocycles. The largest absolute Gasteiger partial charge is 0.481 e. The van der Waals surface area contributed by atoms with Crippen molar-refractivity contribution in [2.45, 2.75) is 33.2 Å². The highest BCUT2D eigenvalue weighted by atomic mass is 16.4. The first-order chi connectivity index (χ1) is 10.9. The number of carboxylic acid groups (broad SMARTS) is 1. The number of carbonyl (C=O) groups excluding carboxylic acids is 1. The minimum atomic E-state index is -0.932. The molecule has 0 radical (unpaired) electrons. The third-order valence-corrected chi connectivity index (χ3v) is 3.53. The zero-order chi connectivity index (χ0) is 17.0. The molecule has 0 saturated carbocycles. The topological polar surface area (TPSA) is 84.2 Å². The number of hydrogen-bond donors (Lipinski definition) is 2. The number of benzene rings is 1. The normalized spacial score (nSPS) is 10.8. The predicted molar refractivity (Wildman–Crippen MR) is 87.4 cm³/mol. The van der Waals surface area contributed by atoms with Gasteiger partial charge in [0.2, 0.25) is 0 Å². The van der Waals surface area contributed by atoms with Crippen LogP contribution in [0.2, 0.25) is 0 Å². The van der Waals surface area contributed by atoms with Gasteiger partial charge in [-0.3, -0.25) is 14.3 Å². The monoisotopic (exact) mass is 315 g/mol. The van der Waals surface area contributed by atoms with Crippen molar-refractivity contribution in [1.82, 2.24) is 15.1 Å². The SMILES string of the molecule is Cc1nn(C(C)C)cc1-c1ccc(C(=O)NCCC(=O)O)cc1. The summed E-state index contributed by atoms with van der Waals surface area (Å²) in [4.78, 5) is 22.4. The molecule has 0 aliphatic carbocycles. The second-order valence-corrected chi connectivity index (χ2v) is 5.68. The molecule has 2 N–H and O–H groups in total. The smallest absolute Gasteiger partial charge is 0.305 e. The lowest BCUT2D eigenvalue weighted by atomic mass is 10.0. The fourth-order valence-corrected chi connectivity index (χ4v) is 2.22. The van der Waals surface area contributed by atoms with Crippen LogP contribution in [0.1, 0.15) is 42.4 Å². The van der Waals surface area contributed by atoms with E-state index in [9.17, 15) is 9.59 Å². The summed E-state index contributed by atoms with van der Waals surface area (Å²) < 4.78 is 1.91. The van der Waals surface area contributed by atoms with E-state index in [2.05, 4.69) is 24.3 Å².